The summed E-state index contributed by atoms with van der Waals surface area (Å²) in [5.41, 5.74) is 4.07. The molecule has 2 atom stereocenters. The van der Waals surface area contributed by atoms with Crippen LogP contribution in [0.4, 0.5) is 0 Å². The summed E-state index contributed by atoms with van der Waals surface area (Å²) in [5.74, 6) is -1.24. The van der Waals surface area contributed by atoms with Crippen molar-refractivity contribution in [3.63, 3.8) is 0 Å². The third kappa shape index (κ3) is 18.8. The summed E-state index contributed by atoms with van der Waals surface area (Å²) in [6.07, 6.45) is 12.2. The van der Waals surface area contributed by atoms with Crippen molar-refractivity contribution >= 4 is 21.7 Å². The number of aliphatic carboxylic acids is 1. The van der Waals surface area contributed by atoms with E-state index in [0.717, 1.165) is 79.8 Å². The maximum Gasteiger partial charge on any atom is 0.326 e. The van der Waals surface area contributed by atoms with Crippen molar-refractivity contribution in [3.8, 4) is 11.1 Å². The van der Waals surface area contributed by atoms with E-state index in [0.29, 0.717) is 17.7 Å². The summed E-state index contributed by atoms with van der Waals surface area (Å²) in [6, 6.07) is 12.6. The second-order valence-electron chi connectivity index (χ2n) is 13.5. The molecule has 1 aliphatic carbocycles. The van der Waals surface area contributed by atoms with E-state index in [9.17, 15) is 23.1 Å². The molecule has 4 rings (SSSR count). The smallest absolute Gasteiger partial charge is 0.326 e. The van der Waals surface area contributed by atoms with Crippen LogP contribution in [0.25, 0.3) is 11.1 Å². The van der Waals surface area contributed by atoms with Gasteiger partial charge in [-0.15, -0.1) is 0 Å². The maximum absolute atomic E-state index is 13.4. The van der Waals surface area contributed by atoms with Gasteiger partial charge in [-0.3, -0.25) is 9.69 Å². The number of carbonyl (C=O) groups is 2. The Kier molecular flexibility index (Phi) is 26.3. The number of nitrogens with one attached hydrogen (secondary N) is 1. The topological polar surface area (TPSA) is 113 Å². The van der Waals surface area contributed by atoms with Gasteiger partial charge in [-0.2, -0.15) is 0 Å². The highest BCUT2D eigenvalue weighted by Crippen LogP contribution is 2.30. The van der Waals surface area contributed by atoms with Gasteiger partial charge in [-0.05, 0) is 85.9 Å². The van der Waals surface area contributed by atoms with Crippen LogP contribution >= 0.6 is 0 Å². The lowest BCUT2D eigenvalue weighted by Gasteiger charge is -2.27. The van der Waals surface area contributed by atoms with Gasteiger partial charge in [0.25, 0.3) is 5.91 Å². The van der Waals surface area contributed by atoms with E-state index >= 15 is 0 Å². The minimum Gasteiger partial charge on any atom is -0.480 e. The number of aryl methyl sites for hydroxylation is 1. The highest BCUT2D eigenvalue weighted by Gasteiger charge is 2.28. The average molecular weight is 747 g/mol. The first-order valence-corrected chi connectivity index (χ1v) is 22.2. The zero-order chi connectivity index (χ0) is 39.7. The molecule has 8 nitrogen and oxygen atoms in total. The number of nitrogens with zero attached hydrogens (tertiary/aromatic N) is 1. The SMILES string of the molecule is CC.CC.CC.CCC(C)C.Cc1ccccc1-c1cc(CN2CCCC2COC2CCCCCC2)ccc1C(=O)NC(CCS(C)(=O)=O)C(=O)O. The van der Waals surface area contributed by atoms with Crippen LogP contribution in [0.2, 0.25) is 0 Å². The van der Waals surface area contributed by atoms with Gasteiger partial charge < -0.3 is 15.2 Å². The minimum absolute atomic E-state index is 0.197. The van der Waals surface area contributed by atoms with Crippen molar-refractivity contribution in [1.82, 2.24) is 10.2 Å². The molecule has 1 amide bonds. The van der Waals surface area contributed by atoms with E-state index in [1.165, 1.54) is 32.1 Å². The van der Waals surface area contributed by atoms with Gasteiger partial charge in [-0.25, -0.2) is 13.2 Å². The molecule has 1 saturated carbocycles. The van der Waals surface area contributed by atoms with E-state index in [-0.39, 0.29) is 12.2 Å². The van der Waals surface area contributed by atoms with Crippen molar-refractivity contribution in [2.45, 2.75) is 158 Å². The van der Waals surface area contributed by atoms with Crippen LogP contribution in [-0.2, 0) is 25.9 Å². The monoisotopic (exact) mass is 747 g/mol. The summed E-state index contributed by atoms with van der Waals surface area (Å²) in [6.45, 7) is 23.1. The molecular formula is C43H74N2O6S. The number of carbonyl (C=O) groups excluding carboxylic acids is 1. The number of sulfone groups is 1. The Bertz CT molecular complexity index is 1370. The zero-order valence-electron chi connectivity index (χ0n) is 34.6. The van der Waals surface area contributed by atoms with Gasteiger partial charge in [0.2, 0.25) is 0 Å². The highest BCUT2D eigenvalue weighted by atomic mass is 32.2. The molecule has 0 spiro atoms. The fourth-order valence-electron chi connectivity index (χ4n) is 5.99. The second kappa shape index (κ2) is 27.8. The number of hydrogen-bond acceptors (Lipinski definition) is 6. The Morgan fingerprint density at radius 1 is 0.904 bits per heavy atom. The Balaban J connectivity index is 0.00000211. The van der Waals surface area contributed by atoms with Crippen LogP contribution in [-0.4, -0.2) is 73.6 Å². The molecule has 2 aliphatic rings. The van der Waals surface area contributed by atoms with Crippen molar-refractivity contribution in [2.24, 2.45) is 5.92 Å². The van der Waals surface area contributed by atoms with Crippen LogP contribution in [0, 0.1) is 12.8 Å². The summed E-state index contributed by atoms with van der Waals surface area (Å²) in [4.78, 5) is 27.7. The number of carboxylic acid groups (broad SMARTS) is 1. The van der Waals surface area contributed by atoms with Gasteiger partial charge in [0.15, 0.2) is 0 Å². The molecule has 298 valence electrons. The van der Waals surface area contributed by atoms with Gasteiger partial charge in [0.05, 0.1) is 18.5 Å². The lowest BCUT2D eigenvalue weighted by molar-refractivity contribution is -0.139. The van der Waals surface area contributed by atoms with E-state index in [2.05, 4.69) is 31.0 Å². The van der Waals surface area contributed by atoms with E-state index < -0.39 is 27.8 Å². The fourth-order valence-corrected chi connectivity index (χ4v) is 6.66. The summed E-state index contributed by atoms with van der Waals surface area (Å²) >= 11 is 0. The third-order valence-electron chi connectivity index (χ3n) is 9.17. The summed E-state index contributed by atoms with van der Waals surface area (Å²) in [5, 5.41) is 12.2. The third-order valence-corrected chi connectivity index (χ3v) is 10.1. The highest BCUT2D eigenvalue weighted by molar-refractivity contribution is 7.90. The van der Waals surface area contributed by atoms with E-state index in [1.54, 1.807) is 6.07 Å². The predicted molar refractivity (Wildman–Crippen MR) is 220 cm³/mol. The molecule has 0 bridgehead atoms. The quantitative estimate of drug-likeness (QED) is 0.196. The van der Waals surface area contributed by atoms with Gasteiger partial charge in [0, 0.05) is 24.4 Å². The molecule has 1 saturated heterocycles. The molecule has 2 N–H and O–H groups in total. The molecule has 52 heavy (non-hydrogen) atoms. The van der Waals surface area contributed by atoms with Crippen LogP contribution in [0.15, 0.2) is 42.5 Å². The first-order chi connectivity index (χ1) is 24.9. The first-order valence-electron chi connectivity index (χ1n) is 20.1. The minimum atomic E-state index is -3.37. The lowest BCUT2D eigenvalue weighted by Crippen LogP contribution is -2.42. The van der Waals surface area contributed by atoms with Crippen molar-refractivity contribution in [3.05, 3.63) is 59.2 Å². The van der Waals surface area contributed by atoms with Gasteiger partial charge in [-0.1, -0.05) is 125 Å². The Labute approximate surface area is 318 Å². The number of hydrogen-bond donors (Lipinski definition) is 2. The van der Waals surface area contributed by atoms with Crippen LogP contribution in [0.3, 0.4) is 0 Å². The molecule has 2 aromatic rings. The Hall–Kier alpha value is -2.75. The largest absolute Gasteiger partial charge is 0.480 e. The lowest BCUT2D eigenvalue weighted by atomic mass is 9.93. The predicted octanol–water partition coefficient (Wildman–Crippen LogP) is 10.1. The van der Waals surface area contributed by atoms with E-state index in [1.807, 2.05) is 84.9 Å². The maximum atomic E-state index is 13.4. The van der Waals surface area contributed by atoms with Crippen LogP contribution < -0.4 is 5.32 Å². The summed E-state index contributed by atoms with van der Waals surface area (Å²) in [7, 11) is -3.37. The van der Waals surface area contributed by atoms with Crippen molar-refractivity contribution in [2.75, 3.05) is 25.2 Å². The molecular weight excluding hydrogens is 673 g/mol. The van der Waals surface area contributed by atoms with E-state index in [4.69, 9.17) is 4.74 Å². The Morgan fingerprint density at radius 3 is 2.04 bits per heavy atom. The zero-order valence-corrected chi connectivity index (χ0v) is 35.4. The molecule has 0 aromatic heterocycles. The number of rotatable bonds is 13. The number of amides is 1. The van der Waals surface area contributed by atoms with Gasteiger partial charge in [0.1, 0.15) is 15.9 Å². The molecule has 9 heteroatoms. The number of ether oxygens (including phenoxy) is 1. The Morgan fingerprint density at radius 2 is 1.50 bits per heavy atom. The average Bonchev–Trinajstić information content (AvgIpc) is 3.41. The van der Waals surface area contributed by atoms with Crippen LogP contribution in [0.5, 0.6) is 0 Å². The van der Waals surface area contributed by atoms with Crippen molar-refractivity contribution < 1.29 is 27.9 Å². The molecule has 1 aliphatic heterocycles. The first kappa shape index (κ1) is 49.2. The molecule has 2 aromatic carbocycles. The number of likely N-dealkylation sites (tertiary alicyclic amines) is 1. The molecule has 2 unspecified atom stereocenters. The van der Waals surface area contributed by atoms with Gasteiger partial charge >= 0.3 is 5.97 Å². The number of benzene rings is 2. The van der Waals surface area contributed by atoms with Crippen LogP contribution in [0.1, 0.15) is 148 Å². The molecule has 0 radical (unpaired) electrons. The molecule has 2 fully saturated rings. The normalized spacial score (nSPS) is 16.7. The van der Waals surface area contributed by atoms with Crippen molar-refractivity contribution in [1.29, 1.82) is 0 Å². The molecule has 1 heterocycles. The fraction of sp³-hybridized carbons (Fsp3) is 0.674. The second-order valence-corrected chi connectivity index (χ2v) is 15.8. The standard InChI is InChI=1S/C32H44N2O6S.C5H12.3C2H6/c1-23-10-7-8-14-27(23)29-20-24(15-16-28(29)31(35)33-30(32(36)37)17-19-41(2,38)39)21-34-18-9-11-25(34)22-40-26-12-5-3-4-6-13-26;1-4-5(2)3;3*1-2/h7-8,10,14-16,20,25-26,30H,3-6,9,11-13,17-19,21-22H2,1-2H3,(H,33,35)(H,36,37);5H,4H2,1-3H3;3*1-2H3. The number of carboxylic acids is 1. The summed E-state index contributed by atoms with van der Waals surface area (Å²) < 4.78 is 29.6.